The maximum atomic E-state index is 12.7. The quantitative estimate of drug-likeness (QED) is 0.206. The van der Waals surface area contributed by atoms with Crippen LogP contribution in [-0.4, -0.2) is 48.2 Å². The first-order valence-electron chi connectivity index (χ1n) is 10.4. The van der Waals surface area contributed by atoms with Crippen LogP contribution in [0.25, 0.3) is 0 Å². The Bertz CT molecular complexity index is 756. The molecule has 0 saturated heterocycles. The molecule has 2 amide bonds. The van der Waals surface area contributed by atoms with E-state index in [1.807, 2.05) is 44.2 Å². The van der Waals surface area contributed by atoms with E-state index in [2.05, 4.69) is 15.2 Å². The highest BCUT2D eigenvalue weighted by Gasteiger charge is 2.23. The second-order valence-corrected chi connectivity index (χ2v) is 7.84. The van der Waals surface area contributed by atoms with Gasteiger partial charge in [0.25, 0.3) is 0 Å². The molecule has 176 valence electrons. The monoisotopic (exact) mass is 466 g/mol. The number of rotatable bonds is 15. The molecule has 0 saturated carbocycles. The molecule has 1 aromatic rings. The maximum absolute atomic E-state index is 12.7. The molecule has 0 aliphatic heterocycles. The summed E-state index contributed by atoms with van der Waals surface area (Å²) in [6.07, 6.45) is 3.68. The van der Waals surface area contributed by atoms with Gasteiger partial charge in [0.15, 0.2) is 5.78 Å². The van der Waals surface area contributed by atoms with Crippen LogP contribution in [0.5, 0.6) is 0 Å². The van der Waals surface area contributed by atoms with Gasteiger partial charge in [0.2, 0.25) is 5.91 Å². The van der Waals surface area contributed by atoms with Crippen molar-refractivity contribution in [2.45, 2.75) is 51.8 Å². The van der Waals surface area contributed by atoms with Gasteiger partial charge < -0.3 is 20.5 Å². The number of nitrogens with one attached hydrogen (secondary N) is 2. The molecule has 2 atom stereocenters. The van der Waals surface area contributed by atoms with Crippen LogP contribution >= 0.6 is 8.69 Å². The molecule has 0 spiro atoms. The SMILES string of the molecule is CC(C)[C@@H](CO)NC(=O)[C@H](/C=C/CCCC(=O)COP=O)NC(=O)OCc1ccccc1. The molecule has 0 aliphatic rings. The summed E-state index contributed by atoms with van der Waals surface area (Å²) in [7, 11) is -0.534. The summed E-state index contributed by atoms with van der Waals surface area (Å²) in [5.74, 6) is -0.661. The van der Waals surface area contributed by atoms with E-state index >= 15 is 0 Å². The average Bonchev–Trinajstić information content (AvgIpc) is 2.79. The van der Waals surface area contributed by atoms with Gasteiger partial charge in [-0.25, -0.2) is 9.36 Å². The Balaban J connectivity index is 2.66. The lowest BCUT2D eigenvalue weighted by molar-refractivity contribution is -0.123. The molecular formula is C22H31N2O7P. The predicted molar refractivity (Wildman–Crippen MR) is 119 cm³/mol. The number of alkyl carbamates (subject to hydrolysis) is 1. The Morgan fingerprint density at radius 3 is 2.50 bits per heavy atom. The van der Waals surface area contributed by atoms with Crippen LogP contribution in [0.2, 0.25) is 0 Å². The van der Waals surface area contributed by atoms with Gasteiger partial charge in [0.1, 0.15) is 19.3 Å². The summed E-state index contributed by atoms with van der Waals surface area (Å²) < 4.78 is 19.9. The average molecular weight is 466 g/mol. The van der Waals surface area contributed by atoms with Crippen molar-refractivity contribution in [3.8, 4) is 0 Å². The Kier molecular flexibility index (Phi) is 13.8. The topological polar surface area (TPSA) is 131 Å². The number of ether oxygens (including phenoxy) is 1. The summed E-state index contributed by atoms with van der Waals surface area (Å²) in [6, 6.07) is 7.67. The lowest BCUT2D eigenvalue weighted by Gasteiger charge is -2.23. The van der Waals surface area contributed by atoms with E-state index in [0.717, 1.165) is 5.56 Å². The third-order valence-electron chi connectivity index (χ3n) is 4.53. The lowest BCUT2D eigenvalue weighted by atomic mass is 10.0. The highest BCUT2D eigenvalue weighted by molar-refractivity contribution is 7.17. The Hall–Kier alpha value is -2.61. The number of Topliss-reactive ketones (excluding diaryl/α,β-unsaturated/α-hetero) is 1. The van der Waals surface area contributed by atoms with E-state index < -0.39 is 32.8 Å². The van der Waals surface area contributed by atoms with Crippen molar-refractivity contribution in [3.63, 3.8) is 0 Å². The van der Waals surface area contributed by atoms with E-state index in [9.17, 15) is 24.1 Å². The van der Waals surface area contributed by atoms with Crippen molar-refractivity contribution in [2.24, 2.45) is 5.92 Å². The van der Waals surface area contributed by atoms with Gasteiger partial charge in [-0.3, -0.25) is 14.1 Å². The van der Waals surface area contributed by atoms with Crippen LogP contribution < -0.4 is 10.6 Å². The van der Waals surface area contributed by atoms with Gasteiger partial charge in [-0.1, -0.05) is 56.3 Å². The van der Waals surface area contributed by atoms with Crippen LogP contribution in [0.4, 0.5) is 4.79 Å². The molecular weight excluding hydrogens is 435 g/mol. The van der Waals surface area contributed by atoms with Gasteiger partial charge in [0.05, 0.1) is 12.6 Å². The smallest absolute Gasteiger partial charge is 0.408 e. The summed E-state index contributed by atoms with van der Waals surface area (Å²) in [4.78, 5) is 36.4. The Labute approximate surface area is 189 Å². The number of unbranched alkanes of at least 4 members (excludes halogenated alkanes) is 1. The summed E-state index contributed by atoms with van der Waals surface area (Å²) >= 11 is 0. The van der Waals surface area contributed by atoms with Gasteiger partial charge >= 0.3 is 14.8 Å². The van der Waals surface area contributed by atoms with Gasteiger partial charge in [-0.15, -0.1) is 0 Å². The van der Waals surface area contributed by atoms with Crippen molar-refractivity contribution in [2.75, 3.05) is 13.2 Å². The number of hydrogen-bond acceptors (Lipinski definition) is 7. The van der Waals surface area contributed by atoms with Crippen molar-refractivity contribution in [1.29, 1.82) is 0 Å². The predicted octanol–water partition coefficient (Wildman–Crippen LogP) is 2.93. The molecule has 1 rings (SSSR count). The zero-order valence-electron chi connectivity index (χ0n) is 18.4. The van der Waals surface area contributed by atoms with Crippen LogP contribution in [-0.2, 0) is 30.0 Å². The molecule has 9 nitrogen and oxygen atoms in total. The normalized spacial score (nSPS) is 13.1. The second-order valence-electron chi connectivity index (χ2n) is 7.43. The number of ketones is 1. The molecule has 0 fully saturated rings. The zero-order chi connectivity index (χ0) is 23.8. The number of aliphatic hydroxyl groups excluding tert-OH is 1. The molecule has 0 radical (unpaired) electrons. The Morgan fingerprint density at radius 1 is 1.16 bits per heavy atom. The molecule has 32 heavy (non-hydrogen) atoms. The van der Waals surface area contributed by atoms with E-state index in [4.69, 9.17) is 4.74 Å². The van der Waals surface area contributed by atoms with Crippen LogP contribution in [0.3, 0.4) is 0 Å². The second kappa shape index (κ2) is 16.1. The van der Waals surface area contributed by atoms with E-state index in [1.54, 1.807) is 6.08 Å². The molecule has 0 bridgehead atoms. The summed E-state index contributed by atoms with van der Waals surface area (Å²) in [5.41, 5.74) is 0.810. The number of benzene rings is 1. The zero-order valence-corrected chi connectivity index (χ0v) is 19.3. The largest absolute Gasteiger partial charge is 0.445 e. The highest BCUT2D eigenvalue weighted by Crippen LogP contribution is 2.05. The molecule has 0 aliphatic carbocycles. The number of carbonyl (C=O) groups is 3. The number of hydrogen-bond donors (Lipinski definition) is 3. The first-order valence-corrected chi connectivity index (χ1v) is 11.1. The molecule has 0 unspecified atom stereocenters. The fraction of sp³-hybridized carbons (Fsp3) is 0.500. The first-order chi connectivity index (χ1) is 15.4. The summed E-state index contributed by atoms with van der Waals surface area (Å²) in [5, 5.41) is 14.7. The number of aliphatic hydroxyl groups is 1. The lowest BCUT2D eigenvalue weighted by Crippen LogP contribution is -2.51. The van der Waals surface area contributed by atoms with Gasteiger partial charge in [-0.2, -0.15) is 0 Å². The highest BCUT2D eigenvalue weighted by atomic mass is 31.1. The van der Waals surface area contributed by atoms with E-state index in [0.29, 0.717) is 12.8 Å². The number of carbonyl (C=O) groups excluding carboxylic acids is 3. The van der Waals surface area contributed by atoms with E-state index in [1.165, 1.54) is 6.08 Å². The van der Waals surface area contributed by atoms with Crippen LogP contribution in [0, 0.1) is 5.92 Å². The number of amides is 2. The molecule has 0 heterocycles. The van der Waals surface area contributed by atoms with Gasteiger partial charge in [-0.05, 0) is 24.3 Å². The van der Waals surface area contributed by atoms with Gasteiger partial charge in [0, 0.05) is 6.42 Å². The van der Waals surface area contributed by atoms with Crippen molar-refractivity contribution in [3.05, 3.63) is 48.0 Å². The fourth-order valence-electron chi connectivity index (χ4n) is 2.61. The minimum atomic E-state index is -1.01. The molecule has 1 aromatic carbocycles. The minimum Gasteiger partial charge on any atom is -0.445 e. The molecule has 3 N–H and O–H groups in total. The van der Waals surface area contributed by atoms with Crippen molar-refractivity contribution >= 4 is 26.5 Å². The van der Waals surface area contributed by atoms with E-state index in [-0.39, 0.29) is 37.9 Å². The van der Waals surface area contributed by atoms with Crippen molar-refractivity contribution < 1.29 is 33.3 Å². The van der Waals surface area contributed by atoms with Crippen LogP contribution in [0.1, 0.15) is 38.7 Å². The summed E-state index contributed by atoms with van der Waals surface area (Å²) in [6.45, 7) is 3.34. The minimum absolute atomic E-state index is 0.000326. The van der Waals surface area contributed by atoms with Crippen molar-refractivity contribution in [1.82, 2.24) is 10.6 Å². The number of allylic oxidation sites excluding steroid dienone is 1. The third-order valence-corrected chi connectivity index (χ3v) is 4.77. The standard InChI is InChI=1S/C22H31N2O7P/c1-16(2)20(13-25)23-21(27)19(12-8-4-7-11-18(26)15-31-32-29)24-22(28)30-14-17-9-5-3-6-10-17/h3,5-6,8-10,12,16,19-20,25H,4,7,11,13-15H2,1-2H3,(H,23,27)(H,24,28)/b12-8+/t19-,20+/m0/s1. The third kappa shape index (κ3) is 11.7. The maximum Gasteiger partial charge on any atom is 0.408 e. The molecule has 10 heteroatoms. The first kappa shape index (κ1) is 27.4. The fourth-order valence-corrected chi connectivity index (χ4v) is 2.81. The Morgan fingerprint density at radius 2 is 1.88 bits per heavy atom. The van der Waals surface area contributed by atoms with Crippen LogP contribution in [0.15, 0.2) is 42.5 Å². The molecule has 0 aromatic heterocycles.